The molecular formula is C14H14N6. The van der Waals surface area contributed by atoms with Crippen LogP contribution in [0.25, 0.3) is 17.1 Å². The van der Waals surface area contributed by atoms with Crippen molar-refractivity contribution in [1.29, 1.82) is 0 Å². The predicted molar refractivity (Wildman–Crippen MR) is 78.2 cm³/mol. The first kappa shape index (κ1) is 12.2. The van der Waals surface area contributed by atoms with Crippen molar-refractivity contribution in [1.82, 2.24) is 20.2 Å². The molecule has 0 aliphatic heterocycles. The van der Waals surface area contributed by atoms with Gasteiger partial charge in [0.05, 0.1) is 5.69 Å². The normalized spacial score (nSPS) is 10.7. The molecule has 2 aromatic carbocycles. The van der Waals surface area contributed by atoms with E-state index in [9.17, 15) is 0 Å². The van der Waals surface area contributed by atoms with Gasteiger partial charge in [-0.1, -0.05) is 18.2 Å². The minimum absolute atomic E-state index is 0.583. The lowest BCUT2D eigenvalue weighted by Crippen LogP contribution is -2.02. The third-order valence-corrected chi connectivity index (χ3v) is 3.05. The molecule has 3 rings (SSSR count). The van der Waals surface area contributed by atoms with Gasteiger partial charge in [0, 0.05) is 16.9 Å². The molecule has 0 fully saturated rings. The Hall–Kier alpha value is -2.89. The molecule has 1 aromatic heterocycles. The molecular weight excluding hydrogens is 252 g/mol. The van der Waals surface area contributed by atoms with Gasteiger partial charge in [-0.3, -0.25) is 0 Å². The number of nitrogens with zero attached hydrogens (tertiary/aromatic N) is 4. The van der Waals surface area contributed by atoms with Gasteiger partial charge in [0.15, 0.2) is 5.82 Å². The summed E-state index contributed by atoms with van der Waals surface area (Å²) in [7, 11) is 0. The Morgan fingerprint density at radius 1 is 1.00 bits per heavy atom. The average molecular weight is 266 g/mol. The standard InChI is InChI=1S/C14H14N6/c1-9-4-2-3-5-13(9)20-14(17-18-19-20)10-6-11(15)8-12(16)7-10/h2-8H,15-16H2,1H3. The topological polar surface area (TPSA) is 95.6 Å². The summed E-state index contributed by atoms with van der Waals surface area (Å²) in [4.78, 5) is 0. The smallest absolute Gasteiger partial charge is 0.187 e. The maximum atomic E-state index is 5.83. The predicted octanol–water partition coefficient (Wildman–Crippen LogP) is 1.80. The second-order valence-electron chi connectivity index (χ2n) is 4.59. The molecule has 0 radical (unpaired) electrons. The largest absolute Gasteiger partial charge is 0.399 e. The van der Waals surface area contributed by atoms with E-state index in [0.717, 1.165) is 16.8 Å². The quantitative estimate of drug-likeness (QED) is 0.689. The Labute approximate surface area is 116 Å². The van der Waals surface area contributed by atoms with Crippen LogP contribution in [0.1, 0.15) is 5.56 Å². The van der Waals surface area contributed by atoms with E-state index >= 15 is 0 Å². The number of para-hydroxylation sites is 1. The highest BCUT2D eigenvalue weighted by molar-refractivity contribution is 5.69. The van der Waals surface area contributed by atoms with Crippen molar-refractivity contribution < 1.29 is 0 Å². The lowest BCUT2D eigenvalue weighted by molar-refractivity contribution is 0.787. The molecule has 0 aliphatic carbocycles. The number of hydrogen-bond donors (Lipinski definition) is 2. The fraction of sp³-hybridized carbons (Fsp3) is 0.0714. The zero-order chi connectivity index (χ0) is 14.1. The fourth-order valence-electron chi connectivity index (χ4n) is 2.14. The van der Waals surface area contributed by atoms with Crippen LogP contribution in [0.5, 0.6) is 0 Å². The minimum Gasteiger partial charge on any atom is -0.399 e. The van der Waals surface area contributed by atoms with E-state index in [0.29, 0.717) is 17.2 Å². The number of aryl methyl sites for hydroxylation is 1. The van der Waals surface area contributed by atoms with Gasteiger partial charge in [-0.2, -0.15) is 4.68 Å². The number of nitrogen functional groups attached to an aromatic ring is 2. The molecule has 0 aliphatic rings. The van der Waals surface area contributed by atoms with Crippen LogP contribution in [-0.4, -0.2) is 20.2 Å². The third kappa shape index (κ3) is 2.07. The number of nitrogens with two attached hydrogens (primary N) is 2. The summed E-state index contributed by atoms with van der Waals surface area (Å²) in [6.45, 7) is 2.01. The van der Waals surface area contributed by atoms with Crippen molar-refractivity contribution >= 4 is 11.4 Å². The SMILES string of the molecule is Cc1ccccc1-n1nnnc1-c1cc(N)cc(N)c1. The molecule has 0 saturated carbocycles. The highest BCUT2D eigenvalue weighted by Crippen LogP contribution is 2.25. The summed E-state index contributed by atoms with van der Waals surface area (Å²) >= 11 is 0. The Kier molecular flexibility index (Phi) is 2.83. The first-order chi connectivity index (χ1) is 9.65. The molecule has 4 N–H and O–H groups in total. The third-order valence-electron chi connectivity index (χ3n) is 3.05. The van der Waals surface area contributed by atoms with Crippen LogP contribution in [-0.2, 0) is 0 Å². The number of rotatable bonds is 2. The van der Waals surface area contributed by atoms with E-state index in [1.54, 1.807) is 22.9 Å². The molecule has 0 saturated heterocycles. The van der Waals surface area contributed by atoms with Crippen molar-refractivity contribution in [2.75, 3.05) is 11.5 Å². The van der Waals surface area contributed by atoms with E-state index < -0.39 is 0 Å². The van der Waals surface area contributed by atoms with E-state index in [4.69, 9.17) is 11.5 Å². The molecule has 3 aromatic rings. The summed E-state index contributed by atoms with van der Waals surface area (Å²) < 4.78 is 1.68. The van der Waals surface area contributed by atoms with Crippen LogP contribution in [0, 0.1) is 6.92 Å². The van der Waals surface area contributed by atoms with Crippen LogP contribution in [0.15, 0.2) is 42.5 Å². The molecule has 100 valence electrons. The van der Waals surface area contributed by atoms with Crippen molar-refractivity contribution in [3.05, 3.63) is 48.0 Å². The monoisotopic (exact) mass is 266 g/mol. The molecule has 0 amide bonds. The molecule has 0 spiro atoms. The number of aromatic nitrogens is 4. The number of benzene rings is 2. The Bertz CT molecular complexity index is 742. The van der Waals surface area contributed by atoms with Crippen molar-refractivity contribution in [3.8, 4) is 17.1 Å². The highest BCUT2D eigenvalue weighted by atomic mass is 15.5. The zero-order valence-electron chi connectivity index (χ0n) is 11.0. The number of anilines is 2. The summed E-state index contributed by atoms with van der Waals surface area (Å²) in [6.07, 6.45) is 0. The molecule has 1 heterocycles. The molecule has 0 atom stereocenters. The van der Waals surface area contributed by atoms with Gasteiger partial charge in [-0.15, -0.1) is 5.10 Å². The van der Waals surface area contributed by atoms with Gasteiger partial charge in [0.25, 0.3) is 0 Å². The maximum Gasteiger partial charge on any atom is 0.187 e. The van der Waals surface area contributed by atoms with Crippen LogP contribution in [0.3, 0.4) is 0 Å². The second kappa shape index (κ2) is 4.65. The van der Waals surface area contributed by atoms with Gasteiger partial charge < -0.3 is 11.5 Å². The molecule has 6 heteroatoms. The highest BCUT2D eigenvalue weighted by Gasteiger charge is 2.13. The van der Waals surface area contributed by atoms with E-state index in [2.05, 4.69) is 15.5 Å². The lowest BCUT2D eigenvalue weighted by atomic mass is 10.1. The summed E-state index contributed by atoms with van der Waals surface area (Å²) in [6, 6.07) is 13.2. The second-order valence-corrected chi connectivity index (χ2v) is 4.59. The Balaban J connectivity index is 2.18. The molecule has 6 nitrogen and oxygen atoms in total. The summed E-state index contributed by atoms with van der Waals surface area (Å²) in [5.74, 6) is 0.610. The van der Waals surface area contributed by atoms with Crippen LogP contribution in [0.2, 0.25) is 0 Å². The first-order valence-corrected chi connectivity index (χ1v) is 6.16. The minimum atomic E-state index is 0.583. The lowest BCUT2D eigenvalue weighted by Gasteiger charge is -2.08. The molecule has 0 bridgehead atoms. The number of hydrogen-bond acceptors (Lipinski definition) is 5. The van der Waals surface area contributed by atoms with Crippen LogP contribution < -0.4 is 11.5 Å². The van der Waals surface area contributed by atoms with Crippen molar-refractivity contribution in [2.24, 2.45) is 0 Å². The zero-order valence-corrected chi connectivity index (χ0v) is 11.0. The first-order valence-electron chi connectivity index (χ1n) is 6.16. The van der Waals surface area contributed by atoms with Gasteiger partial charge in [-0.25, -0.2) is 0 Å². The van der Waals surface area contributed by atoms with Gasteiger partial charge in [0.1, 0.15) is 0 Å². The molecule has 0 unspecified atom stereocenters. The Morgan fingerprint density at radius 2 is 1.70 bits per heavy atom. The van der Waals surface area contributed by atoms with E-state index in [1.807, 2.05) is 31.2 Å². The summed E-state index contributed by atoms with van der Waals surface area (Å²) in [5.41, 5.74) is 15.6. The van der Waals surface area contributed by atoms with Gasteiger partial charge in [0.2, 0.25) is 0 Å². The van der Waals surface area contributed by atoms with E-state index in [1.165, 1.54) is 0 Å². The maximum absolute atomic E-state index is 5.83. The fourth-order valence-corrected chi connectivity index (χ4v) is 2.14. The Morgan fingerprint density at radius 3 is 2.40 bits per heavy atom. The molecule has 20 heavy (non-hydrogen) atoms. The van der Waals surface area contributed by atoms with Gasteiger partial charge >= 0.3 is 0 Å². The van der Waals surface area contributed by atoms with Crippen molar-refractivity contribution in [2.45, 2.75) is 6.92 Å². The van der Waals surface area contributed by atoms with Crippen LogP contribution in [0.4, 0.5) is 11.4 Å². The van der Waals surface area contributed by atoms with Gasteiger partial charge in [-0.05, 0) is 47.2 Å². The van der Waals surface area contributed by atoms with Crippen LogP contribution >= 0.6 is 0 Å². The summed E-state index contributed by atoms with van der Waals surface area (Å²) in [5, 5.41) is 11.9. The van der Waals surface area contributed by atoms with Crippen molar-refractivity contribution in [3.63, 3.8) is 0 Å². The average Bonchev–Trinajstić information content (AvgIpc) is 2.87. The number of tetrazole rings is 1. The van der Waals surface area contributed by atoms with E-state index in [-0.39, 0.29) is 0 Å².